The number of nitrogens with one attached hydrogen (secondary N) is 2. The number of unbranched alkanes of at least 4 members (excludes halogenated alkanes) is 9. The number of rotatable bonds is 17. The Kier molecular flexibility index (Phi) is 12.2. The van der Waals surface area contributed by atoms with Crippen LogP contribution in [0.2, 0.25) is 5.02 Å². The number of hydrogen-bond acceptors (Lipinski definition) is 6. The summed E-state index contributed by atoms with van der Waals surface area (Å²) in [6.07, 6.45) is 11.6. The van der Waals surface area contributed by atoms with Gasteiger partial charge < -0.3 is 9.84 Å². The molecule has 3 aromatic rings. The fourth-order valence-electron chi connectivity index (χ4n) is 4.17. The van der Waals surface area contributed by atoms with Gasteiger partial charge in [0.05, 0.1) is 21.0 Å². The Morgan fingerprint density at radius 2 is 1.59 bits per heavy atom. The Morgan fingerprint density at radius 3 is 2.28 bits per heavy atom. The maximum Gasteiger partial charge on any atom is 0.250 e. The highest BCUT2D eigenvalue weighted by molar-refractivity contribution is 7.89. The van der Waals surface area contributed by atoms with Gasteiger partial charge in [-0.25, -0.2) is 13.1 Å². The fraction of sp³-hybridized carbons (Fsp3) is 0.464. The summed E-state index contributed by atoms with van der Waals surface area (Å²) in [5, 5.41) is 5.08. The minimum Gasteiger partial charge on any atom is -0.356 e. The molecule has 212 valence electrons. The normalized spacial score (nSPS) is 12.5. The van der Waals surface area contributed by atoms with Crippen LogP contribution >= 0.6 is 23.2 Å². The number of aromatic nitrogens is 1. The smallest absolute Gasteiger partial charge is 0.250 e. The van der Waals surface area contributed by atoms with E-state index in [9.17, 15) is 18.0 Å². The van der Waals surface area contributed by atoms with Gasteiger partial charge in [0.2, 0.25) is 15.8 Å². The quantitative estimate of drug-likeness (QED) is 0.0742. The molecule has 1 aromatic heterocycles. The highest BCUT2D eigenvalue weighted by Crippen LogP contribution is 2.27. The van der Waals surface area contributed by atoms with Crippen LogP contribution in [0.1, 0.15) is 81.6 Å². The van der Waals surface area contributed by atoms with Crippen molar-refractivity contribution in [2.24, 2.45) is 0 Å². The molecule has 1 amide bonds. The Bertz CT molecular complexity index is 1360. The number of para-hydroxylation sites is 1. The van der Waals surface area contributed by atoms with Crippen LogP contribution in [0, 0.1) is 0 Å². The first kappa shape index (κ1) is 31.1. The van der Waals surface area contributed by atoms with Crippen LogP contribution in [0.25, 0.3) is 11.0 Å². The van der Waals surface area contributed by atoms with Gasteiger partial charge in [-0.2, -0.15) is 0 Å². The van der Waals surface area contributed by atoms with Crippen molar-refractivity contribution >= 4 is 61.6 Å². The number of sulfonamides is 1. The van der Waals surface area contributed by atoms with Crippen molar-refractivity contribution in [1.82, 2.24) is 9.88 Å². The average molecular weight is 597 g/mol. The summed E-state index contributed by atoms with van der Waals surface area (Å²) >= 11 is 12.3. The van der Waals surface area contributed by atoms with Crippen LogP contribution in [0.15, 0.2) is 51.9 Å². The molecule has 3 rings (SSSR count). The number of amides is 1. The molecule has 0 radical (unpaired) electrons. The third-order valence-electron chi connectivity index (χ3n) is 6.40. The summed E-state index contributed by atoms with van der Waals surface area (Å²) in [6, 6.07) is 10.7. The largest absolute Gasteiger partial charge is 0.356 e. The number of carbonyl (C=O) groups is 2. The number of halogens is 2. The first-order valence-corrected chi connectivity index (χ1v) is 15.7. The van der Waals surface area contributed by atoms with E-state index in [2.05, 4.69) is 22.1 Å². The number of Topliss-reactive ketones (excluding diaryl/α,β-unsaturated/α-hetero) is 1. The molecule has 0 bridgehead atoms. The lowest BCUT2D eigenvalue weighted by molar-refractivity contribution is -0.115. The van der Waals surface area contributed by atoms with E-state index in [1.165, 1.54) is 56.7 Å². The Labute approximate surface area is 239 Å². The molecule has 0 aliphatic heterocycles. The van der Waals surface area contributed by atoms with E-state index < -0.39 is 27.1 Å². The highest BCUT2D eigenvalue weighted by Gasteiger charge is 2.30. The molecule has 0 saturated carbocycles. The summed E-state index contributed by atoms with van der Waals surface area (Å²) in [4.78, 5) is 25.5. The first-order valence-electron chi connectivity index (χ1n) is 13.4. The molecule has 8 nitrogen and oxygen atoms in total. The van der Waals surface area contributed by atoms with E-state index in [1.54, 1.807) is 24.3 Å². The molecule has 1 unspecified atom stereocenters. The van der Waals surface area contributed by atoms with Crippen LogP contribution in [0.3, 0.4) is 0 Å². The molecular weight excluding hydrogens is 561 g/mol. The van der Waals surface area contributed by atoms with Crippen molar-refractivity contribution in [2.45, 2.75) is 81.4 Å². The second kappa shape index (κ2) is 15.4. The summed E-state index contributed by atoms with van der Waals surface area (Å²) in [7, 11) is -3.82. The van der Waals surface area contributed by atoms with Crippen molar-refractivity contribution in [3.8, 4) is 0 Å². The van der Waals surface area contributed by atoms with E-state index in [0.717, 1.165) is 25.7 Å². The second-order valence-corrected chi connectivity index (χ2v) is 12.1. The van der Waals surface area contributed by atoms with Gasteiger partial charge >= 0.3 is 0 Å². The van der Waals surface area contributed by atoms with Crippen molar-refractivity contribution < 1.29 is 22.5 Å². The zero-order valence-electron chi connectivity index (χ0n) is 22.0. The molecule has 0 aliphatic rings. The van der Waals surface area contributed by atoms with E-state index >= 15 is 0 Å². The molecule has 0 aliphatic carbocycles. The van der Waals surface area contributed by atoms with Crippen LogP contribution in [0.4, 0.5) is 5.69 Å². The minimum absolute atomic E-state index is 0.0203. The Morgan fingerprint density at radius 1 is 0.949 bits per heavy atom. The third-order valence-corrected chi connectivity index (χ3v) is 8.58. The van der Waals surface area contributed by atoms with Crippen molar-refractivity contribution in [3.05, 3.63) is 53.2 Å². The SMILES string of the molecule is CCCCCCCCCCCCNS(=O)(=O)c1ccc(Cl)c(NC(=O)C(Cl)C(=O)c2noc3ccccc23)c1. The van der Waals surface area contributed by atoms with Crippen LogP contribution in [-0.4, -0.2) is 37.2 Å². The van der Waals surface area contributed by atoms with Crippen molar-refractivity contribution in [2.75, 3.05) is 11.9 Å². The maximum atomic E-state index is 12.8. The van der Waals surface area contributed by atoms with E-state index in [1.807, 2.05) is 0 Å². The molecule has 2 N–H and O–H groups in total. The Balaban J connectivity index is 1.50. The van der Waals surface area contributed by atoms with E-state index in [-0.39, 0.29) is 21.3 Å². The van der Waals surface area contributed by atoms with Crippen LogP contribution in [-0.2, 0) is 14.8 Å². The lowest BCUT2D eigenvalue weighted by atomic mass is 10.1. The van der Waals surface area contributed by atoms with Gasteiger partial charge in [-0.3, -0.25) is 9.59 Å². The predicted octanol–water partition coefficient (Wildman–Crippen LogP) is 7.11. The lowest BCUT2D eigenvalue weighted by Crippen LogP contribution is -2.31. The number of anilines is 1. The zero-order chi connectivity index (χ0) is 28.3. The fourth-order valence-corrected chi connectivity index (χ4v) is 5.59. The number of hydrogen-bond donors (Lipinski definition) is 2. The van der Waals surface area contributed by atoms with Gasteiger partial charge in [-0.05, 0) is 36.8 Å². The predicted molar refractivity (Wildman–Crippen MR) is 155 cm³/mol. The van der Waals surface area contributed by atoms with Gasteiger partial charge in [0.25, 0.3) is 5.91 Å². The number of nitrogens with zero attached hydrogens (tertiary/aromatic N) is 1. The number of carbonyl (C=O) groups excluding carboxylic acids is 2. The monoisotopic (exact) mass is 595 g/mol. The molecule has 1 atom stereocenters. The summed E-state index contributed by atoms with van der Waals surface area (Å²) in [5.74, 6) is -1.62. The van der Waals surface area contributed by atoms with Crippen molar-refractivity contribution in [1.29, 1.82) is 0 Å². The topological polar surface area (TPSA) is 118 Å². The van der Waals surface area contributed by atoms with Gasteiger partial charge in [0.1, 0.15) is 0 Å². The minimum atomic E-state index is -3.82. The van der Waals surface area contributed by atoms with Crippen LogP contribution in [0.5, 0.6) is 0 Å². The summed E-state index contributed by atoms with van der Waals surface area (Å²) in [6.45, 7) is 2.52. The van der Waals surface area contributed by atoms with Gasteiger partial charge in [-0.15, -0.1) is 11.6 Å². The number of fused-ring (bicyclic) bond motifs is 1. The number of benzene rings is 2. The summed E-state index contributed by atoms with van der Waals surface area (Å²) < 4.78 is 33.3. The van der Waals surface area contributed by atoms with Gasteiger partial charge in [0.15, 0.2) is 16.7 Å². The molecule has 2 aromatic carbocycles. The molecule has 0 spiro atoms. The molecular formula is C28H35Cl2N3O5S. The molecule has 1 heterocycles. The average Bonchev–Trinajstić information content (AvgIpc) is 3.36. The zero-order valence-corrected chi connectivity index (χ0v) is 24.4. The molecule has 0 saturated heterocycles. The van der Waals surface area contributed by atoms with E-state index in [0.29, 0.717) is 17.5 Å². The van der Waals surface area contributed by atoms with E-state index in [4.69, 9.17) is 27.7 Å². The van der Waals surface area contributed by atoms with Gasteiger partial charge in [0, 0.05) is 6.54 Å². The van der Waals surface area contributed by atoms with Gasteiger partial charge in [-0.1, -0.05) is 93.6 Å². The third kappa shape index (κ3) is 9.03. The first-order chi connectivity index (χ1) is 18.7. The number of alkyl halides is 1. The highest BCUT2D eigenvalue weighted by atomic mass is 35.5. The molecule has 11 heteroatoms. The maximum absolute atomic E-state index is 12.8. The lowest BCUT2D eigenvalue weighted by Gasteiger charge is -2.12. The standard InChI is InChI=1S/C28H35Cl2N3O5S/c1-2-3-4-5-6-7-8-9-10-13-18-31-39(36,37)20-16-17-22(29)23(19-20)32-28(35)25(30)27(34)26-21-14-11-12-15-24(21)38-33-26/h11-12,14-17,19,25,31H,2-10,13,18H2,1H3,(H,32,35). The second-order valence-electron chi connectivity index (χ2n) is 9.46. The molecule has 39 heavy (non-hydrogen) atoms. The summed E-state index contributed by atoms with van der Waals surface area (Å²) in [5.41, 5.74) is 0.336. The molecule has 0 fully saturated rings. The van der Waals surface area contributed by atoms with Crippen molar-refractivity contribution in [3.63, 3.8) is 0 Å². The number of ketones is 1. The van der Waals surface area contributed by atoms with Crippen LogP contribution < -0.4 is 10.0 Å². The Hall–Kier alpha value is -2.46.